The molecule has 1 N–H and O–H groups in total. The number of hydrogen-bond acceptors (Lipinski definition) is 1. The van der Waals surface area contributed by atoms with Crippen LogP contribution < -0.4 is 0 Å². The van der Waals surface area contributed by atoms with Crippen LogP contribution in [0.25, 0.3) is 10.9 Å². The lowest BCUT2D eigenvalue weighted by molar-refractivity contribution is 0.0633. The topological polar surface area (TPSA) is 36.1 Å². The number of rotatable bonds is 1. The highest BCUT2D eigenvalue weighted by Crippen LogP contribution is 2.47. The summed E-state index contributed by atoms with van der Waals surface area (Å²) >= 11 is 0. The maximum absolute atomic E-state index is 13.1. The van der Waals surface area contributed by atoms with E-state index in [1.165, 1.54) is 32.1 Å². The Balaban J connectivity index is 1.49. The van der Waals surface area contributed by atoms with E-state index in [0.29, 0.717) is 6.04 Å². The molecular weight excluding hydrogens is 272 g/mol. The second kappa shape index (κ2) is 4.61. The fraction of sp³-hybridized carbons (Fsp3) is 0.526. The molecule has 4 aliphatic rings. The summed E-state index contributed by atoms with van der Waals surface area (Å²) in [5.74, 6) is 2.76. The van der Waals surface area contributed by atoms with Gasteiger partial charge in [0.15, 0.2) is 0 Å². The first-order valence-corrected chi connectivity index (χ1v) is 8.64. The van der Waals surface area contributed by atoms with Gasteiger partial charge in [0.1, 0.15) is 0 Å². The molecule has 114 valence electrons. The molecule has 2 aromatic rings. The van der Waals surface area contributed by atoms with Crippen LogP contribution >= 0.6 is 0 Å². The zero-order chi connectivity index (χ0) is 14.7. The molecule has 2 saturated carbocycles. The lowest BCUT2D eigenvalue weighted by Crippen LogP contribution is -2.42. The predicted octanol–water partition coefficient (Wildman–Crippen LogP) is 3.82. The number of nitrogens with zero attached hydrogens (tertiary/aromatic N) is 1. The molecule has 3 heteroatoms. The third kappa shape index (κ3) is 1.91. The minimum Gasteiger partial charge on any atom is -0.361 e. The van der Waals surface area contributed by atoms with Crippen LogP contribution in [0.3, 0.4) is 0 Å². The molecule has 3 heterocycles. The lowest BCUT2D eigenvalue weighted by Gasteiger charge is -2.39. The summed E-state index contributed by atoms with van der Waals surface area (Å²) in [6, 6.07) is 8.60. The van der Waals surface area contributed by atoms with Gasteiger partial charge in [-0.3, -0.25) is 4.79 Å². The predicted molar refractivity (Wildman–Crippen MR) is 86.7 cm³/mol. The largest absolute Gasteiger partial charge is 0.361 e. The molecule has 4 bridgehead atoms. The van der Waals surface area contributed by atoms with Gasteiger partial charge in [-0.15, -0.1) is 0 Å². The molecule has 22 heavy (non-hydrogen) atoms. The zero-order valence-corrected chi connectivity index (χ0v) is 12.8. The van der Waals surface area contributed by atoms with Crippen molar-refractivity contribution < 1.29 is 4.79 Å². The van der Waals surface area contributed by atoms with Crippen LogP contribution in [-0.4, -0.2) is 28.4 Å². The van der Waals surface area contributed by atoms with Crippen LogP contribution in [0, 0.1) is 17.8 Å². The molecule has 1 aromatic heterocycles. The fourth-order valence-corrected chi connectivity index (χ4v) is 5.39. The molecule has 2 atom stereocenters. The van der Waals surface area contributed by atoms with Crippen molar-refractivity contribution in [2.24, 2.45) is 17.8 Å². The minimum atomic E-state index is 0.251. The number of benzene rings is 1. The van der Waals surface area contributed by atoms with Crippen molar-refractivity contribution in [2.75, 3.05) is 6.54 Å². The number of aromatic amines is 1. The molecule has 4 fully saturated rings. The van der Waals surface area contributed by atoms with E-state index < -0.39 is 0 Å². The van der Waals surface area contributed by atoms with Gasteiger partial charge in [-0.2, -0.15) is 0 Å². The summed E-state index contributed by atoms with van der Waals surface area (Å²) in [6.45, 7) is 0.988. The summed E-state index contributed by atoms with van der Waals surface area (Å²) in [4.78, 5) is 18.5. The average molecular weight is 294 g/mol. The highest BCUT2D eigenvalue weighted by Gasteiger charge is 2.44. The maximum Gasteiger partial charge on any atom is 0.254 e. The first-order chi connectivity index (χ1) is 10.8. The molecule has 2 aliphatic carbocycles. The first-order valence-electron chi connectivity index (χ1n) is 8.64. The van der Waals surface area contributed by atoms with Crippen molar-refractivity contribution in [1.82, 2.24) is 9.88 Å². The molecule has 1 aromatic carbocycles. The van der Waals surface area contributed by atoms with Crippen molar-refractivity contribution in [2.45, 2.75) is 38.1 Å². The van der Waals surface area contributed by atoms with Crippen molar-refractivity contribution in [1.29, 1.82) is 0 Å². The molecule has 6 rings (SSSR count). The Morgan fingerprint density at radius 3 is 2.59 bits per heavy atom. The molecular formula is C19H22N2O. The van der Waals surface area contributed by atoms with Crippen LogP contribution in [0.4, 0.5) is 0 Å². The van der Waals surface area contributed by atoms with E-state index in [1.807, 2.05) is 30.5 Å². The van der Waals surface area contributed by atoms with Gasteiger partial charge in [-0.25, -0.2) is 0 Å². The number of carbonyl (C=O) groups is 1. The second-order valence-electron chi connectivity index (χ2n) is 7.67. The quantitative estimate of drug-likeness (QED) is 0.853. The SMILES string of the molecule is O=C(c1ccc2[nH]ccc2c1)N1CC2CC3CC(C2)CC1C3. The van der Waals surface area contributed by atoms with E-state index in [4.69, 9.17) is 0 Å². The van der Waals surface area contributed by atoms with E-state index in [1.54, 1.807) is 0 Å². The molecule has 0 spiro atoms. The summed E-state index contributed by atoms with van der Waals surface area (Å²) in [7, 11) is 0. The van der Waals surface area contributed by atoms with Gasteiger partial charge in [-0.1, -0.05) is 0 Å². The molecule has 2 aliphatic heterocycles. The smallest absolute Gasteiger partial charge is 0.254 e. The Bertz CT molecular complexity index is 720. The normalized spacial score (nSPS) is 33.4. The van der Waals surface area contributed by atoms with E-state index in [0.717, 1.165) is 40.8 Å². The van der Waals surface area contributed by atoms with Crippen LogP contribution in [-0.2, 0) is 0 Å². The summed E-state index contributed by atoms with van der Waals surface area (Å²) in [5, 5.41) is 1.13. The monoisotopic (exact) mass is 294 g/mol. The number of aromatic nitrogens is 1. The Labute approximate surface area is 130 Å². The van der Waals surface area contributed by atoms with Gasteiger partial charge in [0, 0.05) is 35.2 Å². The van der Waals surface area contributed by atoms with Crippen molar-refractivity contribution in [3.63, 3.8) is 0 Å². The van der Waals surface area contributed by atoms with Crippen LogP contribution in [0.5, 0.6) is 0 Å². The molecule has 1 amide bonds. The lowest BCUT2D eigenvalue weighted by atomic mass is 9.68. The summed E-state index contributed by atoms with van der Waals surface area (Å²) in [6.07, 6.45) is 8.55. The number of H-pyrrole nitrogens is 1. The molecule has 2 saturated heterocycles. The maximum atomic E-state index is 13.1. The van der Waals surface area contributed by atoms with Crippen molar-refractivity contribution in [3.8, 4) is 0 Å². The summed E-state index contributed by atoms with van der Waals surface area (Å²) < 4.78 is 0. The van der Waals surface area contributed by atoms with Gasteiger partial charge in [0.2, 0.25) is 0 Å². The van der Waals surface area contributed by atoms with Crippen molar-refractivity contribution >= 4 is 16.8 Å². The van der Waals surface area contributed by atoms with Crippen LogP contribution in [0.2, 0.25) is 0 Å². The highest BCUT2D eigenvalue weighted by atomic mass is 16.2. The van der Waals surface area contributed by atoms with E-state index >= 15 is 0 Å². The third-order valence-corrected chi connectivity index (χ3v) is 6.17. The number of nitrogens with one attached hydrogen (secondary N) is 1. The number of amides is 1. The first kappa shape index (κ1) is 12.7. The third-order valence-electron chi connectivity index (χ3n) is 6.17. The zero-order valence-electron chi connectivity index (χ0n) is 12.8. The Kier molecular flexibility index (Phi) is 2.67. The molecule has 2 unspecified atom stereocenters. The minimum absolute atomic E-state index is 0.251. The highest BCUT2D eigenvalue weighted by molar-refractivity contribution is 5.98. The Morgan fingerprint density at radius 1 is 1.00 bits per heavy atom. The van der Waals surface area contributed by atoms with Gasteiger partial charge in [0.25, 0.3) is 5.91 Å². The van der Waals surface area contributed by atoms with Gasteiger partial charge in [-0.05, 0) is 74.1 Å². The molecule has 0 radical (unpaired) electrons. The van der Waals surface area contributed by atoms with Crippen molar-refractivity contribution in [3.05, 3.63) is 36.0 Å². The average Bonchev–Trinajstić information content (AvgIpc) is 2.89. The van der Waals surface area contributed by atoms with E-state index in [-0.39, 0.29) is 5.91 Å². The van der Waals surface area contributed by atoms with Gasteiger partial charge >= 0.3 is 0 Å². The number of hydrogen-bond donors (Lipinski definition) is 1. The summed E-state index contributed by atoms with van der Waals surface area (Å²) in [5.41, 5.74) is 1.96. The van der Waals surface area contributed by atoms with Crippen LogP contribution in [0.15, 0.2) is 30.5 Å². The Morgan fingerprint density at radius 2 is 1.77 bits per heavy atom. The Hall–Kier alpha value is -1.77. The van der Waals surface area contributed by atoms with E-state index in [9.17, 15) is 4.79 Å². The van der Waals surface area contributed by atoms with Gasteiger partial charge < -0.3 is 9.88 Å². The van der Waals surface area contributed by atoms with Gasteiger partial charge in [0.05, 0.1) is 0 Å². The number of carbonyl (C=O) groups excluding carboxylic acids is 1. The fourth-order valence-electron chi connectivity index (χ4n) is 5.39. The molecule has 3 nitrogen and oxygen atoms in total. The second-order valence-corrected chi connectivity index (χ2v) is 7.67. The van der Waals surface area contributed by atoms with E-state index in [2.05, 4.69) is 9.88 Å². The standard InChI is InChI=1S/C19H22N2O/c22-19(16-1-2-18-15(10-16)3-4-20-18)21-11-14-6-12-5-13(7-14)9-17(21)8-12/h1-4,10,12-14,17,20H,5-9,11H2. The van der Waals surface area contributed by atoms with Crippen LogP contribution in [0.1, 0.15) is 42.5 Å². The number of fused-ring (bicyclic) bond motifs is 2.